The molecule has 2 aromatic rings. The van der Waals surface area contributed by atoms with Crippen LogP contribution < -0.4 is 0 Å². The van der Waals surface area contributed by atoms with Gasteiger partial charge in [0.15, 0.2) is 5.78 Å². The molecule has 1 aromatic heterocycles. The highest BCUT2D eigenvalue weighted by molar-refractivity contribution is 9.10. The van der Waals surface area contributed by atoms with Crippen LogP contribution in [0.25, 0.3) is 0 Å². The van der Waals surface area contributed by atoms with Crippen molar-refractivity contribution in [3.8, 4) is 0 Å². The molecule has 0 atom stereocenters. The van der Waals surface area contributed by atoms with Gasteiger partial charge >= 0.3 is 0 Å². The average Bonchev–Trinajstić information content (AvgIpc) is 2.51. The van der Waals surface area contributed by atoms with Crippen LogP contribution in [0.1, 0.15) is 43.2 Å². The van der Waals surface area contributed by atoms with Crippen LogP contribution >= 0.6 is 15.9 Å². The quantitative estimate of drug-likeness (QED) is 0.685. The molecule has 3 nitrogen and oxygen atoms in total. The Morgan fingerprint density at radius 2 is 1.83 bits per heavy atom. The number of benzene rings is 1. The van der Waals surface area contributed by atoms with Crippen molar-refractivity contribution in [2.75, 3.05) is 6.54 Å². The lowest BCUT2D eigenvalue weighted by molar-refractivity contribution is 0.0891. The van der Waals surface area contributed by atoms with Crippen molar-refractivity contribution in [1.82, 2.24) is 9.88 Å². The van der Waals surface area contributed by atoms with Crippen molar-refractivity contribution in [3.63, 3.8) is 0 Å². The number of halogens is 1. The van der Waals surface area contributed by atoms with Crippen LogP contribution in [0.3, 0.4) is 0 Å². The van der Waals surface area contributed by atoms with Gasteiger partial charge in [0.2, 0.25) is 0 Å². The number of aromatic nitrogens is 1. The smallest absolute Gasteiger partial charge is 0.183 e. The van der Waals surface area contributed by atoms with E-state index in [-0.39, 0.29) is 11.3 Å². The fraction of sp³-hybridized carbons (Fsp3) is 0.368. The van der Waals surface area contributed by atoms with Crippen LogP contribution in [0.5, 0.6) is 0 Å². The molecule has 0 aliphatic carbocycles. The fourth-order valence-corrected chi connectivity index (χ4v) is 2.88. The normalized spacial score (nSPS) is 11.7. The van der Waals surface area contributed by atoms with Gasteiger partial charge in [0.25, 0.3) is 0 Å². The first-order chi connectivity index (χ1) is 10.9. The largest absolute Gasteiger partial charge is 0.294 e. The Morgan fingerprint density at radius 1 is 1.13 bits per heavy atom. The Labute approximate surface area is 146 Å². The minimum absolute atomic E-state index is 0.00251. The number of Topliss-reactive ketones (excluding diaryl/α,β-unsaturated/α-hetero) is 1. The molecule has 0 N–H and O–H groups in total. The molecule has 2 rings (SSSR count). The number of carbonyl (C=O) groups is 1. The van der Waals surface area contributed by atoms with Crippen LogP contribution in [-0.2, 0) is 6.54 Å². The third-order valence-electron chi connectivity index (χ3n) is 3.80. The van der Waals surface area contributed by atoms with Crippen LogP contribution in [0.2, 0.25) is 0 Å². The van der Waals surface area contributed by atoms with Crippen LogP contribution in [0.4, 0.5) is 0 Å². The Balaban J connectivity index is 2.04. The summed E-state index contributed by atoms with van der Waals surface area (Å²) in [4.78, 5) is 18.9. The Morgan fingerprint density at radius 3 is 2.43 bits per heavy atom. The maximum atomic E-state index is 12.4. The zero-order chi connectivity index (χ0) is 16.9. The maximum Gasteiger partial charge on any atom is 0.183 e. The summed E-state index contributed by atoms with van der Waals surface area (Å²) in [5.41, 5.74) is 1.77. The third-order valence-corrected chi connectivity index (χ3v) is 4.44. The first kappa shape index (κ1) is 17.8. The molecule has 4 heteroatoms. The first-order valence-electron chi connectivity index (χ1n) is 7.80. The van der Waals surface area contributed by atoms with Crippen molar-refractivity contribution in [1.29, 1.82) is 0 Å². The Kier molecular flexibility index (Phi) is 6.08. The zero-order valence-corrected chi connectivity index (χ0v) is 15.5. The molecule has 0 spiro atoms. The summed E-state index contributed by atoms with van der Waals surface area (Å²) in [6.07, 6.45) is 2.11. The summed E-state index contributed by atoms with van der Waals surface area (Å²) in [5.74, 6) is 0.0692. The van der Waals surface area contributed by atoms with Crippen molar-refractivity contribution in [2.24, 2.45) is 0 Å². The van der Waals surface area contributed by atoms with Gasteiger partial charge in [-0.05, 0) is 54.4 Å². The van der Waals surface area contributed by atoms with Gasteiger partial charge in [-0.15, -0.1) is 0 Å². The lowest BCUT2D eigenvalue weighted by atomic mass is 10.0. The summed E-state index contributed by atoms with van der Waals surface area (Å²) in [6.45, 7) is 8.08. The number of carbonyl (C=O) groups excluding carboxylic acids is 1. The number of nitrogens with zero attached hydrogens (tertiary/aromatic N) is 2. The van der Waals surface area contributed by atoms with E-state index in [0.29, 0.717) is 18.7 Å². The van der Waals surface area contributed by atoms with E-state index in [1.165, 1.54) is 5.56 Å². The molecule has 0 saturated heterocycles. The van der Waals surface area contributed by atoms with Gasteiger partial charge in [-0.1, -0.05) is 30.3 Å². The van der Waals surface area contributed by atoms with Gasteiger partial charge in [-0.2, -0.15) is 0 Å². The third kappa shape index (κ3) is 5.26. The number of ketones is 1. The predicted octanol–water partition coefficient (Wildman–Crippen LogP) is 4.72. The molecule has 0 radical (unpaired) electrons. The summed E-state index contributed by atoms with van der Waals surface area (Å²) >= 11 is 3.40. The second-order valence-corrected chi connectivity index (χ2v) is 7.44. The predicted molar refractivity (Wildman–Crippen MR) is 97.5 cm³/mol. The van der Waals surface area contributed by atoms with E-state index in [1.807, 2.05) is 30.3 Å². The molecule has 122 valence electrons. The van der Waals surface area contributed by atoms with E-state index < -0.39 is 0 Å². The second kappa shape index (κ2) is 7.84. The number of rotatable bonds is 6. The molecule has 0 saturated carbocycles. The number of hydrogen-bond donors (Lipinski definition) is 0. The lowest BCUT2D eigenvalue weighted by Crippen LogP contribution is -2.42. The molecule has 0 aliphatic heterocycles. The fourth-order valence-electron chi connectivity index (χ4n) is 2.40. The van der Waals surface area contributed by atoms with Crippen LogP contribution in [0, 0.1) is 0 Å². The van der Waals surface area contributed by atoms with Gasteiger partial charge in [0.05, 0.1) is 0 Å². The van der Waals surface area contributed by atoms with Gasteiger partial charge in [-0.25, -0.2) is 0 Å². The monoisotopic (exact) mass is 374 g/mol. The van der Waals surface area contributed by atoms with E-state index >= 15 is 0 Å². The second-order valence-electron chi connectivity index (χ2n) is 6.58. The maximum absolute atomic E-state index is 12.4. The molecule has 1 heterocycles. The number of hydrogen-bond acceptors (Lipinski definition) is 3. The number of pyridine rings is 1. The molecule has 0 bridgehead atoms. The van der Waals surface area contributed by atoms with Gasteiger partial charge in [0.1, 0.15) is 5.69 Å². The van der Waals surface area contributed by atoms with Crippen molar-refractivity contribution in [2.45, 2.75) is 39.3 Å². The minimum Gasteiger partial charge on any atom is -0.294 e. The highest BCUT2D eigenvalue weighted by atomic mass is 79.9. The van der Waals surface area contributed by atoms with Gasteiger partial charge < -0.3 is 0 Å². The van der Waals surface area contributed by atoms with E-state index in [4.69, 9.17) is 0 Å². The van der Waals surface area contributed by atoms with Gasteiger partial charge in [-0.3, -0.25) is 14.7 Å². The van der Waals surface area contributed by atoms with Crippen molar-refractivity contribution in [3.05, 3.63) is 64.4 Å². The van der Waals surface area contributed by atoms with Crippen LogP contribution in [0.15, 0.2) is 53.1 Å². The minimum atomic E-state index is -0.00251. The molecule has 1 aromatic carbocycles. The van der Waals surface area contributed by atoms with E-state index in [2.05, 4.69) is 58.7 Å². The summed E-state index contributed by atoms with van der Waals surface area (Å²) < 4.78 is 0.760. The standard InChI is InChI=1S/C19H23BrN2O/c1-19(2,3)22(14-15-8-5-4-6-9-15)13-11-17(23)18-16(20)10-7-12-21-18/h4-10,12H,11,13-14H2,1-3H3. The SMILES string of the molecule is CC(C)(C)N(CCC(=O)c1ncccc1Br)Cc1ccccc1. The lowest BCUT2D eigenvalue weighted by Gasteiger charge is -2.35. The summed E-state index contributed by atoms with van der Waals surface area (Å²) in [7, 11) is 0. The van der Waals surface area contributed by atoms with Crippen molar-refractivity contribution >= 4 is 21.7 Å². The van der Waals surface area contributed by atoms with Crippen molar-refractivity contribution < 1.29 is 4.79 Å². The Hall–Kier alpha value is -1.52. The topological polar surface area (TPSA) is 33.2 Å². The molecule has 0 aliphatic rings. The van der Waals surface area contributed by atoms with E-state index in [0.717, 1.165) is 11.0 Å². The molecular weight excluding hydrogens is 352 g/mol. The molecular formula is C19H23BrN2O. The molecule has 0 unspecified atom stereocenters. The average molecular weight is 375 g/mol. The highest BCUT2D eigenvalue weighted by Crippen LogP contribution is 2.20. The van der Waals surface area contributed by atoms with Crippen LogP contribution in [-0.4, -0.2) is 27.8 Å². The van der Waals surface area contributed by atoms with E-state index in [9.17, 15) is 4.79 Å². The summed E-state index contributed by atoms with van der Waals surface area (Å²) in [6, 6.07) is 14.0. The highest BCUT2D eigenvalue weighted by Gasteiger charge is 2.23. The molecule has 0 amide bonds. The zero-order valence-electron chi connectivity index (χ0n) is 13.9. The first-order valence-corrected chi connectivity index (χ1v) is 8.60. The van der Waals surface area contributed by atoms with E-state index in [1.54, 1.807) is 6.20 Å². The molecule has 0 fully saturated rings. The molecule has 23 heavy (non-hydrogen) atoms. The Bertz CT molecular complexity index is 650. The van der Waals surface area contributed by atoms with Gasteiger partial charge in [0, 0.05) is 35.7 Å². The summed E-state index contributed by atoms with van der Waals surface area (Å²) in [5, 5.41) is 0.